The number of benzene rings is 2. The second-order valence-electron chi connectivity index (χ2n) is 5.53. The quantitative estimate of drug-likeness (QED) is 0.523. The van der Waals surface area contributed by atoms with Crippen molar-refractivity contribution >= 4 is 23.5 Å². The van der Waals surface area contributed by atoms with E-state index in [0.717, 1.165) is 17.1 Å². The zero-order valence-electron chi connectivity index (χ0n) is 13.7. The molecule has 3 nitrogen and oxygen atoms in total. The fourth-order valence-corrected chi connectivity index (χ4v) is 3.11. The van der Waals surface area contributed by atoms with Gasteiger partial charge in [0.1, 0.15) is 0 Å². The molecule has 24 heavy (non-hydrogen) atoms. The first kappa shape index (κ1) is 18.3. The molecule has 0 spiro atoms. The Balaban J connectivity index is 1.51. The fraction of sp³-hybridized carbons (Fsp3) is 0.300. The molecule has 1 N–H and O–H groups in total. The minimum atomic E-state index is 0.0242. The summed E-state index contributed by atoms with van der Waals surface area (Å²) >= 11 is 1.81. The van der Waals surface area contributed by atoms with Crippen LogP contribution in [0.3, 0.4) is 0 Å². The molecule has 0 aromatic heterocycles. The van der Waals surface area contributed by atoms with Crippen LogP contribution in [0.25, 0.3) is 0 Å². The Morgan fingerprint density at radius 1 is 0.875 bits per heavy atom. The van der Waals surface area contributed by atoms with Gasteiger partial charge in [0.05, 0.1) is 0 Å². The number of amides is 1. The summed E-state index contributed by atoms with van der Waals surface area (Å²) in [7, 11) is 0. The number of nitrogens with one attached hydrogen (secondary N) is 1. The van der Waals surface area contributed by atoms with E-state index in [2.05, 4.69) is 17.4 Å². The first-order chi connectivity index (χ1) is 11.8. The minimum absolute atomic E-state index is 0.0242. The summed E-state index contributed by atoms with van der Waals surface area (Å²) in [6.45, 7) is 0.670. The lowest BCUT2D eigenvalue weighted by Crippen LogP contribution is -2.25. The number of carbonyl (C=O) groups excluding carboxylic acids is 2. The molecule has 0 unspecified atom stereocenters. The first-order valence-corrected chi connectivity index (χ1v) is 9.38. The first-order valence-electron chi connectivity index (χ1n) is 8.22. The molecule has 0 aliphatic carbocycles. The zero-order chi connectivity index (χ0) is 17.0. The van der Waals surface area contributed by atoms with Gasteiger partial charge < -0.3 is 5.32 Å². The predicted molar refractivity (Wildman–Crippen MR) is 100 cm³/mol. The molecule has 0 fully saturated rings. The fourth-order valence-electron chi connectivity index (χ4n) is 2.29. The molecule has 2 rings (SSSR count). The summed E-state index contributed by atoms with van der Waals surface area (Å²) in [5.41, 5.74) is 2.02. The van der Waals surface area contributed by atoms with E-state index < -0.39 is 0 Å². The number of Topliss-reactive ketones (excluding diaryl/α,β-unsaturated/α-hetero) is 1. The average molecular weight is 341 g/mol. The van der Waals surface area contributed by atoms with Gasteiger partial charge in [-0.1, -0.05) is 60.7 Å². The Hall–Kier alpha value is -2.07. The van der Waals surface area contributed by atoms with Gasteiger partial charge in [0, 0.05) is 36.5 Å². The van der Waals surface area contributed by atoms with Gasteiger partial charge >= 0.3 is 0 Å². The molecule has 0 saturated heterocycles. The molecule has 1 amide bonds. The Labute approximate surface area is 147 Å². The van der Waals surface area contributed by atoms with Crippen molar-refractivity contribution in [2.45, 2.75) is 25.0 Å². The van der Waals surface area contributed by atoms with Crippen molar-refractivity contribution in [1.82, 2.24) is 5.32 Å². The highest BCUT2D eigenvalue weighted by molar-refractivity contribution is 7.98. The maximum atomic E-state index is 11.9. The van der Waals surface area contributed by atoms with Crippen LogP contribution in [0.2, 0.25) is 0 Å². The van der Waals surface area contributed by atoms with E-state index in [1.54, 1.807) is 11.8 Å². The number of ketones is 1. The molecular weight excluding hydrogens is 318 g/mol. The van der Waals surface area contributed by atoms with Gasteiger partial charge in [-0.05, 0) is 12.0 Å². The standard InChI is InChI=1S/C20H23NO2S/c22-19(18-10-5-2-6-11-18)12-7-13-20(23)21-14-15-24-16-17-8-3-1-4-9-17/h1-6,8-11H,7,12-16H2,(H,21,23). The number of carbonyl (C=O) groups is 2. The average Bonchev–Trinajstić information content (AvgIpc) is 2.63. The smallest absolute Gasteiger partial charge is 0.220 e. The van der Waals surface area contributed by atoms with E-state index in [1.807, 2.05) is 48.5 Å². The van der Waals surface area contributed by atoms with Crippen LogP contribution in [0.15, 0.2) is 60.7 Å². The minimum Gasteiger partial charge on any atom is -0.355 e. The van der Waals surface area contributed by atoms with Crippen LogP contribution in [0.1, 0.15) is 35.2 Å². The number of hydrogen-bond donors (Lipinski definition) is 1. The third-order valence-electron chi connectivity index (χ3n) is 3.58. The Kier molecular flexibility index (Phi) is 8.11. The van der Waals surface area contributed by atoms with Crippen LogP contribution in [-0.2, 0) is 10.5 Å². The lowest BCUT2D eigenvalue weighted by Gasteiger charge is -2.05. The molecule has 0 aliphatic rings. The third kappa shape index (κ3) is 7.01. The lowest BCUT2D eigenvalue weighted by molar-refractivity contribution is -0.121. The van der Waals surface area contributed by atoms with Gasteiger partial charge in [-0.3, -0.25) is 9.59 Å². The van der Waals surface area contributed by atoms with Crippen molar-refractivity contribution in [2.24, 2.45) is 0 Å². The van der Waals surface area contributed by atoms with Gasteiger partial charge in [-0.15, -0.1) is 0 Å². The maximum absolute atomic E-state index is 11.9. The second-order valence-corrected chi connectivity index (χ2v) is 6.64. The molecule has 126 valence electrons. The predicted octanol–water partition coefficient (Wildman–Crippen LogP) is 4.09. The second kappa shape index (κ2) is 10.7. The molecule has 0 radical (unpaired) electrons. The number of rotatable bonds is 10. The zero-order valence-corrected chi connectivity index (χ0v) is 14.6. The van der Waals surface area contributed by atoms with Gasteiger partial charge in [0.15, 0.2) is 5.78 Å². The van der Waals surface area contributed by atoms with E-state index in [4.69, 9.17) is 0 Å². The van der Waals surface area contributed by atoms with Crippen molar-refractivity contribution in [3.8, 4) is 0 Å². The summed E-state index contributed by atoms with van der Waals surface area (Å²) in [4.78, 5) is 23.7. The molecule has 0 atom stereocenters. The van der Waals surface area contributed by atoms with Crippen molar-refractivity contribution in [1.29, 1.82) is 0 Å². The molecule has 0 saturated carbocycles. The summed E-state index contributed by atoms with van der Waals surface area (Å²) in [6, 6.07) is 19.5. The molecule has 2 aromatic rings. The Morgan fingerprint density at radius 3 is 2.25 bits per heavy atom. The van der Waals surface area contributed by atoms with Crippen molar-refractivity contribution in [3.63, 3.8) is 0 Å². The van der Waals surface area contributed by atoms with E-state index >= 15 is 0 Å². The SMILES string of the molecule is O=C(CCCC(=O)c1ccccc1)NCCSCc1ccccc1. The molecule has 0 aliphatic heterocycles. The molecular formula is C20H23NO2S. The van der Waals surface area contributed by atoms with Crippen LogP contribution in [0, 0.1) is 0 Å². The van der Waals surface area contributed by atoms with Crippen LogP contribution in [-0.4, -0.2) is 24.0 Å². The monoisotopic (exact) mass is 341 g/mol. The topological polar surface area (TPSA) is 46.2 Å². The largest absolute Gasteiger partial charge is 0.355 e. The van der Waals surface area contributed by atoms with E-state index in [-0.39, 0.29) is 11.7 Å². The molecule has 2 aromatic carbocycles. The normalized spacial score (nSPS) is 10.3. The van der Waals surface area contributed by atoms with Crippen LogP contribution >= 0.6 is 11.8 Å². The van der Waals surface area contributed by atoms with Crippen molar-refractivity contribution < 1.29 is 9.59 Å². The van der Waals surface area contributed by atoms with Crippen molar-refractivity contribution in [3.05, 3.63) is 71.8 Å². The van der Waals surface area contributed by atoms with Crippen LogP contribution in [0.4, 0.5) is 0 Å². The summed E-state index contributed by atoms with van der Waals surface area (Å²) in [5.74, 6) is 1.98. The van der Waals surface area contributed by atoms with E-state index in [1.165, 1.54) is 5.56 Å². The summed E-state index contributed by atoms with van der Waals surface area (Å²) in [6.07, 6.45) is 1.42. The number of thioether (sulfide) groups is 1. The highest BCUT2D eigenvalue weighted by atomic mass is 32.2. The van der Waals surface area contributed by atoms with Gasteiger partial charge in [-0.2, -0.15) is 11.8 Å². The molecule has 0 bridgehead atoms. The van der Waals surface area contributed by atoms with Crippen LogP contribution < -0.4 is 5.32 Å². The van der Waals surface area contributed by atoms with Gasteiger partial charge in [0.2, 0.25) is 5.91 Å². The number of hydrogen-bond acceptors (Lipinski definition) is 3. The third-order valence-corrected chi connectivity index (χ3v) is 4.61. The van der Waals surface area contributed by atoms with Crippen molar-refractivity contribution in [2.75, 3.05) is 12.3 Å². The maximum Gasteiger partial charge on any atom is 0.220 e. The Bertz CT molecular complexity index is 629. The Morgan fingerprint density at radius 2 is 1.54 bits per heavy atom. The molecule has 4 heteroatoms. The van der Waals surface area contributed by atoms with Gasteiger partial charge in [0.25, 0.3) is 0 Å². The van der Waals surface area contributed by atoms with E-state index in [0.29, 0.717) is 25.8 Å². The highest BCUT2D eigenvalue weighted by Gasteiger charge is 2.07. The van der Waals surface area contributed by atoms with E-state index in [9.17, 15) is 9.59 Å². The summed E-state index contributed by atoms with van der Waals surface area (Å²) < 4.78 is 0. The summed E-state index contributed by atoms with van der Waals surface area (Å²) in [5, 5.41) is 2.91. The van der Waals surface area contributed by atoms with Crippen LogP contribution in [0.5, 0.6) is 0 Å². The molecule has 0 heterocycles. The lowest BCUT2D eigenvalue weighted by atomic mass is 10.1. The van der Waals surface area contributed by atoms with Gasteiger partial charge in [-0.25, -0.2) is 0 Å². The highest BCUT2D eigenvalue weighted by Crippen LogP contribution is 2.11.